The second-order valence-corrected chi connectivity index (χ2v) is 11.5. The van der Waals surface area contributed by atoms with Crippen molar-refractivity contribution in [2.24, 2.45) is 11.7 Å². The first-order valence-corrected chi connectivity index (χ1v) is 14.0. The standard InChI is InChI=1S/C26H33N5O5S/c27-25(28)19-8-6-17(7-9-19)14-29-26(34)23-12-20-10-11-21(32)13-22(20)31(23)24(33)15-30-37(35,36)16-18-4-2-1-3-5-18/h1-9,20-23,30,32H,10-16H2,(H3,27,28)(H,29,34)/t20-,21+,22-,23+/m1/s1. The van der Waals surface area contributed by atoms with Gasteiger partial charge in [-0.15, -0.1) is 0 Å². The lowest BCUT2D eigenvalue weighted by Gasteiger charge is -2.35. The van der Waals surface area contributed by atoms with Crippen molar-refractivity contribution in [1.82, 2.24) is 14.9 Å². The predicted molar refractivity (Wildman–Crippen MR) is 139 cm³/mol. The maximum atomic E-state index is 13.3. The van der Waals surface area contributed by atoms with Gasteiger partial charge in [-0.1, -0.05) is 54.6 Å². The summed E-state index contributed by atoms with van der Waals surface area (Å²) in [7, 11) is -3.76. The molecule has 1 heterocycles. The molecule has 0 unspecified atom stereocenters. The molecule has 0 aromatic heterocycles. The van der Waals surface area contributed by atoms with Gasteiger partial charge >= 0.3 is 0 Å². The number of nitrogens with one attached hydrogen (secondary N) is 3. The van der Waals surface area contributed by atoms with Crippen molar-refractivity contribution in [2.45, 2.75) is 56.2 Å². The number of amidine groups is 1. The summed E-state index contributed by atoms with van der Waals surface area (Å²) in [5, 5.41) is 20.6. The SMILES string of the molecule is N=C(N)c1ccc(CNC(=O)[C@@H]2C[C@H]3CC[C@H](O)C[C@H]3N2C(=O)CNS(=O)(=O)Cc2ccccc2)cc1. The molecule has 0 bridgehead atoms. The van der Waals surface area contributed by atoms with Gasteiger partial charge in [-0.05, 0) is 42.7 Å². The lowest BCUT2D eigenvalue weighted by molar-refractivity contribution is -0.140. The molecule has 11 heteroatoms. The number of sulfonamides is 1. The molecule has 198 valence electrons. The quantitative estimate of drug-likeness (QED) is 0.239. The van der Waals surface area contributed by atoms with Gasteiger partial charge in [0.1, 0.15) is 11.9 Å². The average molecular weight is 528 g/mol. The Morgan fingerprint density at radius 2 is 1.73 bits per heavy atom. The summed E-state index contributed by atoms with van der Waals surface area (Å²) in [4.78, 5) is 28.0. The normalized spacial score (nSPS) is 23.3. The number of hydrogen-bond acceptors (Lipinski definition) is 6. The van der Waals surface area contributed by atoms with Crippen LogP contribution in [0.3, 0.4) is 0 Å². The minimum absolute atomic E-state index is 0.0418. The molecule has 1 saturated carbocycles. The zero-order valence-electron chi connectivity index (χ0n) is 20.5. The van der Waals surface area contributed by atoms with Gasteiger partial charge in [0.2, 0.25) is 21.8 Å². The van der Waals surface area contributed by atoms with Gasteiger partial charge in [-0.2, -0.15) is 0 Å². The van der Waals surface area contributed by atoms with Crippen LogP contribution >= 0.6 is 0 Å². The first-order chi connectivity index (χ1) is 17.6. The van der Waals surface area contributed by atoms with E-state index in [-0.39, 0.29) is 36.0 Å². The van der Waals surface area contributed by atoms with Crippen LogP contribution in [-0.4, -0.2) is 60.8 Å². The smallest absolute Gasteiger partial charge is 0.243 e. The Kier molecular flexibility index (Phi) is 8.25. The van der Waals surface area contributed by atoms with Crippen molar-refractivity contribution in [2.75, 3.05) is 6.54 Å². The van der Waals surface area contributed by atoms with Crippen LogP contribution in [0.1, 0.15) is 42.4 Å². The Morgan fingerprint density at radius 3 is 2.41 bits per heavy atom. The fraction of sp³-hybridized carbons (Fsp3) is 0.423. The molecule has 2 aromatic carbocycles. The second kappa shape index (κ2) is 11.4. The van der Waals surface area contributed by atoms with E-state index in [0.717, 1.165) is 5.56 Å². The molecular formula is C26H33N5O5S. The summed E-state index contributed by atoms with van der Waals surface area (Å²) in [6.07, 6.45) is 1.58. The Hall–Kier alpha value is -3.28. The third-order valence-corrected chi connectivity index (χ3v) is 8.41. The van der Waals surface area contributed by atoms with Crippen molar-refractivity contribution in [3.05, 3.63) is 71.3 Å². The zero-order valence-corrected chi connectivity index (χ0v) is 21.3. The van der Waals surface area contributed by atoms with E-state index in [9.17, 15) is 23.1 Å². The Bertz CT molecular complexity index is 1240. The molecule has 2 fully saturated rings. The van der Waals surface area contributed by atoms with Gasteiger partial charge in [0.25, 0.3) is 0 Å². The predicted octanol–water partition coefficient (Wildman–Crippen LogP) is 0.837. The molecule has 4 atom stereocenters. The zero-order chi connectivity index (χ0) is 26.6. The summed E-state index contributed by atoms with van der Waals surface area (Å²) >= 11 is 0. The van der Waals surface area contributed by atoms with Gasteiger partial charge in [0.15, 0.2) is 0 Å². The highest BCUT2D eigenvalue weighted by atomic mass is 32.2. The molecule has 6 N–H and O–H groups in total. The van der Waals surface area contributed by atoms with Crippen molar-refractivity contribution in [1.29, 1.82) is 5.41 Å². The van der Waals surface area contributed by atoms with E-state index >= 15 is 0 Å². The van der Waals surface area contributed by atoms with Crippen molar-refractivity contribution < 1.29 is 23.1 Å². The van der Waals surface area contributed by atoms with Crippen LogP contribution < -0.4 is 15.8 Å². The van der Waals surface area contributed by atoms with E-state index < -0.39 is 34.6 Å². The van der Waals surface area contributed by atoms with Gasteiger partial charge in [0.05, 0.1) is 18.4 Å². The van der Waals surface area contributed by atoms with Crippen LogP contribution in [-0.2, 0) is 31.9 Å². The highest BCUT2D eigenvalue weighted by Gasteiger charge is 2.48. The topological polar surface area (TPSA) is 166 Å². The fourth-order valence-electron chi connectivity index (χ4n) is 5.24. The number of likely N-dealkylation sites (tertiary alicyclic amines) is 1. The van der Waals surface area contributed by atoms with Gasteiger partial charge in [-0.3, -0.25) is 15.0 Å². The van der Waals surface area contributed by atoms with Crippen LogP contribution in [0.25, 0.3) is 0 Å². The van der Waals surface area contributed by atoms with E-state index in [1.54, 1.807) is 54.6 Å². The second-order valence-electron chi connectivity index (χ2n) is 9.74. The minimum Gasteiger partial charge on any atom is -0.393 e. The summed E-state index contributed by atoms with van der Waals surface area (Å²) in [5.74, 6) is -1.03. The first kappa shape index (κ1) is 26.8. The van der Waals surface area contributed by atoms with Crippen molar-refractivity contribution in [3.8, 4) is 0 Å². The van der Waals surface area contributed by atoms with Gasteiger partial charge < -0.3 is 21.1 Å². The van der Waals surface area contributed by atoms with Crippen LogP contribution in [0.2, 0.25) is 0 Å². The van der Waals surface area contributed by atoms with Gasteiger partial charge in [-0.25, -0.2) is 13.1 Å². The van der Waals surface area contributed by atoms with E-state index in [0.29, 0.717) is 36.8 Å². The molecule has 4 rings (SSSR count). The average Bonchev–Trinajstić information content (AvgIpc) is 3.25. The molecule has 2 aliphatic rings. The Morgan fingerprint density at radius 1 is 1.03 bits per heavy atom. The number of fused-ring (bicyclic) bond motifs is 1. The third-order valence-electron chi connectivity index (χ3n) is 7.11. The highest BCUT2D eigenvalue weighted by molar-refractivity contribution is 7.88. The molecule has 0 radical (unpaired) electrons. The number of hydrogen-bond donors (Lipinski definition) is 5. The van der Waals surface area contributed by atoms with Gasteiger partial charge in [0, 0.05) is 18.2 Å². The first-order valence-electron chi connectivity index (χ1n) is 12.3. The number of nitrogen functional groups attached to an aromatic ring is 1. The maximum Gasteiger partial charge on any atom is 0.243 e. The number of amides is 2. The van der Waals surface area contributed by atoms with E-state index in [2.05, 4.69) is 10.0 Å². The minimum atomic E-state index is -3.76. The summed E-state index contributed by atoms with van der Waals surface area (Å²) in [5.41, 5.74) is 7.49. The summed E-state index contributed by atoms with van der Waals surface area (Å²) in [6, 6.07) is 14.6. The number of benzene rings is 2. The van der Waals surface area contributed by atoms with E-state index in [1.807, 2.05) is 0 Å². The number of nitrogens with two attached hydrogens (primary N) is 1. The molecule has 1 aliphatic heterocycles. The fourth-order valence-corrected chi connectivity index (χ4v) is 6.32. The highest BCUT2D eigenvalue weighted by Crippen LogP contribution is 2.40. The molecule has 10 nitrogen and oxygen atoms in total. The molecule has 1 saturated heterocycles. The van der Waals surface area contributed by atoms with Crippen LogP contribution in [0.4, 0.5) is 0 Å². The number of rotatable bonds is 9. The largest absolute Gasteiger partial charge is 0.393 e. The number of nitrogens with zero attached hydrogens (tertiary/aromatic N) is 1. The van der Waals surface area contributed by atoms with Crippen molar-refractivity contribution >= 4 is 27.7 Å². The summed E-state index contributed by atoms with van der Waals surface area (Å²) < 4.78 is 27.5. The summed E-state index contributed by atoms with van der Waals surface area (Å²) in [6.45, 7) is -0.220. The number of aliphatic hydroxyl groups is 1. The lowest BCUT2D eigenvalue weighted by Crippen LogP contribution is -2.53. The van der Waals surface area contributed by atoms with Crippen molar-refractivity contribution in [3.63, 3.8) is 0 Å². The molecular weight excluding hydrogens is 494 g/mol. The van der Waals surface area contributed by atoms with Crippen LogP contribution in [0, 0.1) is 11.3 Å². The number of carbonyl (C=O) groups is 2. The molecule has 37 heavy (non-hydrogen) atoms. The number of carbonyl (C=O) groups excluding carboxylic acids is 2. The molecule has 2 amide bonds. The molecule has 2 aromatic rings. The van der Waals surface area contributed by atoms with Crippen LogP contribution in [0.5, 0.6) is 0 Å². The monoisotopic (exact) mass is 527 g/mol. The Labute approximate surface area is 216 Å². The Balaban J connectivity index is 1.43. The molecule has 0 spiro atoms. The lowest BCUT2D eigenvalue weighted by atomic mass is 9.83. The molecule has 1 aliphatic carbocycles. The van der Waals surface area contributed by atoms with Crippen LogP contribution in [0.15, 0.2) is 54.6 Å². The van der Waals surface area contributed by atoms with E-state index in [4.69, 9.17) is 11.1 Å². The third kappa shape index (κ3) is 6.73. The van der Waals surface area contributed by atoms with E-state index in [1.165, 1.54) is 4.90 Å². The maximum absolute atomic E-state index is 13.3. The number of aliphatic hydroxyl groups excluding tert-OH is 1.